The molecular weight excluding hydrogens is 672 g/mol. The van der Waals surface area contributed by atoms with Crippen LogP contribution in [0.25, 0.3) is 21.5 Å². The molecule has 0 amide bonds. The Balaban J connectivity index is 1.36. The van der Waals surface area contributed by atoms with E-state index in [-0.39, 0.29) is 62.3 Å². The zero-order chi connectivity index (χ0) is 37.7. The highest BCUT2D eigenvalue weighted by atomic mass is 16.5. The largest absolute Gasteiger partial charge is 0.481 e. The summed E-state index contributed by atoms with van der Waals surface area (Å²) in [6.07, 6.45) is 21.5. The minimum absolute atomic E-state index is 0.0532. The van der Waals surface area contributed by atoms with E-state index in [1.165, 1.54) is 0 Å². The number of nitrogens with zero attached hydrogens (tertiary/aromatic N) is 2. The zero-order valence-electron chi connectivity index (χ0n) is 29.1. The highest BCUT2D eigenvalue weighted by Crippen LogP contribution is 2.32. The minimum Gasteiger partial charge on any atom is -0.481 e. The van der Waals surface area contributed by atoms with Crippen LogP contribution >= 0.6 is 0 Å². The lowest BCUT2D eigenvalue weighted by molar-refractivity contribution is 0.0459. The molecule has 0 bridgehead atoms. The van der Waals surface area contributed by atoms with Crippen molar-refractivity contribution in [3.63, 3.8) is 0 Å². The molecule has 0 aliphatic heterocycles. The zero-order valence-corrected chi connectivity index (χ0v) is 29.1. The number of benzene rings is 4. The van der Waals surface area contributed by atoms with Crippen molar-refractivity contribution < 1.29 is 38.0 Å². The summed E-state index contributed by atoms with van der Waals surface area (Å²) in [5.41, 5.74) is 1.88. The lowest BCUT2D eigenvalue weighted by atomic mass is 10.1. The number of rotatable bonds is 15. The summed E-state index contributed by atoms with van der Waals surface area (Å²) in [5.74, 6) is 9.96. The van der Waals surface area contributed by atoms with Crippen LogP contribution in [0.2, 0.25) is 0 Å². The second-order valence-corrected chi connectivity index (χ2v) is 11.5. The number of esters is 2. The first-order chi connectivity index (χ1) is 25.7. The van der Waals surface area contributed by atoms with Crippen LogP contribution in [0.4, 0.5) is 5.69 Å². The van der Waals surface area contributed by atoms with Crippen LogP contribution in [0.1, 0.15) is 32.1 Å². The topological polar surface area (TPSA) is 106 Å². The monoisotopic (exact) mass is 706 g/mol. The van der Waals surface area contributed by atoms with Gasteiger partial charge in [0.25, 0.3) is 0 Å². The normalized spacial score (nSPS) is 10.2. The van der Waals surface area contributed by atoms with Gasteiger partial charge < -0.3 is 33.3 Å². The second-order valence-electron chi connectivity index (χ2n) is 11.5. The summed E-state index contributed by atoms with van der Waals surface area (Å²) in [6.45, 7) is -0.304. The number of fused-ring (bicyclic) bond motifs is 2. The van der Waals surface area contributed by atoms with E-state index < -0.39 is 11.9 Å². The van der Waals surface area contributed by atoms with Crippen molar-refractivity contribution in [1.82, 2.24) is 4.98 Å². The molecule has 0 N–H and O–H groups in total. The number of pyridine rings is 1. The van der Waals surface area contributed by atoms with Gasteiger partial charge in [0.05, 0.1) is 11.4 Å². The fourth-order valence-electron chi connectivity index (χ4n) is 5.21. The molecule has 5 rings (SSSR count). The Bertz CT molecular complexity index is 2180. The molecule has 0 aliphatic rings. The molecule has 5 aromatic rings. The van der Waals surface area contributed by atoms with Gasteiger partial charge in [-0.05, 0) is 82.2 Å². The quantitative estimate of drug-likeness (QED) is 0.0921. The van der Waals surface area contributed by atoms with Gasteiger partial charge in [0.15, 0.2) is 0 Å². The van der Waals surface area contributed by atoms with Crippen molar-refractivity contribution in [3.05, 3.63) is 95.3 Å². The highest BCUT2D eigenvalue weighted by Gasteiger charge is 2.20. The first kappa shape index (κ1) is 37.0. The standard InChI is InChI=1S/C43H34N2O8/c1-7-15-48-36-13-11-29-23-40(50-17-9-3)38(21-31(29)19-36)42(46)52-27-33-25-35(45(5)6)26-34(44-33)28-53-43(47)39-22-32-20-37(49-16-8-2)14-12-30(32)24-41(39)51-18-10-4/h1-4,11-14,19-26H,15-18,27-28H2,5-6H3. The van der Waals surface area contributed by atoms with Crippen LogP contribution in [0.5, 0.6) is 23.0 Å². The smallest absolute Gasteiger partial charge is 0.342 e. The maximum absolute atomic E-state index is 13.5. The lowest BCUT2D eigenvalue weighted by Gasteiger charge is -2.17. The van der Waals surface area contributed by atoms with Gasteiger partial charge >= 0.3 is 11.9 Å². The van der Waals surface area contributed by atoms with Crippen molar-refractivity contribution in [3.8, 4) is 72.4 Å². The van der Waals surface area contributed by atoms with Crippen molar-refractivity contribution >= 4 is 39.2 Å². The molecule has 1 aromatic heterocycles. The van der Waals surface area contributed by atoms with Gasteiger partial charge in [-0.15, -0.1) is 25.7 Å². The molecule has 0 fully saturated rings. The van der Waals surface area contributed by atoms with Gasteiger partial charge in [0.2, 0.25) is 0 Å². The summed E-state index contributed by atoms with van der Waals surface area (Å²) >= 11 is 0. The third-order valence-electron chi connectivity index (χ3n) is 7.66. The molecule has 4 aromatic carbocycles. The maximum Gasteiger partial charge on any atom is 0.342 e. The van der Waals surface area contributed by atoms with E-state index in [2.05, 4.69) is 28.7 Å². The van der Waals surface area contributed by atoms with Crippen LogP contribution in [0.15, 0.2) is 72.8 Å². The summed E-state index contributed by atoms with van der Waals surface area (Å²) in [4.78, 5) is 33.4. The molecule has 0 unspecified atom stereocenters. The Labute approximate surface area is 307 Å². The summed E-state index contributed by atoms with van der Waals surface area (Å²) in [7, 11) is 3.69. The molecule has 0 atom stereocenters. The molecule has 0 radical (unpaired) electrons. The molecule has 10 nitrogen and oxygen atoms in total. The van der Waals surface area contributed by atoms with Crippen molar-refractivity contribution in [2.45, 2.75) is 13.2 Å². The van der Waals surface area contributed by atoms with Gasteiger partial charge in [-0.25, -0.2) is 9.59 Å². The molecule has 10 heteroatoms. The van der Waals surface area contributed by atoms with Crippen LogP contribution < -0.4 is 23.8 Å². The van der Waals surface area contributed by atoms with Gasteiger partial charge in [0.1, 0.15) is 73.8 Å². The van der Waals surface area contributed by atoms with Gasteiger partial charge in [-0.3, -0.25) is 4.98 Å². The average Bonchev–Trinajstić information content (AvgIpc) is 3.17. The number of ether oxygens (including phenoxy) is 6. The number of carbonyl (C=O) groups excluding carboxylic acids is 2. The molecule has 0 aliphatic carbocycles. The van der Waals surface area contributed by atoms with Gasteiger partial charge in [-0.2, -0.15) is 0 Å². The van der Waals surface area contributed by atoms with E-state index >= 15 is 0 Å². The second kappa shape index (κ2) is 17.6. The lowest BCUT2D eigenvalue weighted by Crippen LogP contribution is -2.14. The predicted molar refractivity (Wildman–Crippen MR) is 202 cm³/mol. The van der Waals surface area contributed by atoms with Crippen molar-refractivity contribution in [1.29, 1.82) is 0 Å². The van der Waals surface area contributed by atoms with E-state index in [9.17, 15) is 9.59 Å². The Kier molecular flexibility index (Phi) is 12.3. The Morgan fingerprint density at radius 1 is 0.566 bits per heavy atom. The molecular formula is C43H34N2O8. The van der Waals surface area contributed by atoms with Crippen LogP contribution in [-0.4, -0.2) is 57.4 Å². The Morgan fingerprint density at radius 2 is 0.981 bits per heavy atom. The van der Waals surface area contributed by atoms with E-state index in [0.717, 1.165) is 16.5 Å². The van der Waals surface area contributed by atoms with Crippen LogP contribution in [0, 0.1) is 49.4 Å². The number of carbonyl (C=O) groups is 2. The summed E-state index contributed by atoms with van der Waals surface area (Å²) < 4.78 is 33.9. The number of aromatic nitrogens is 1. The minimum atomic E-state index is -0.664. The first-order valence-electron chi connectivity index (χ1n) is 16.1. The molecule has 0 saturated heterocycles. The summed E-state index contributed by atoms with van der Waals surface area (Å²) in [5, 5.41) is 2.98. The SMILES string of the molecule is C#CCOc1ccc2cc(OCC#C)c(C(=O)OCc3cc(N(C)C)cc(COC(=O)c4cc5cc(OCC#C)ccc5cc4OCC#C)n3)cc2c1. The van der Waals surface area contributed by atoms with E-state index in [1.54, 1.807) is 60.7 Å². The molecule has 264 valence electrons. The molecule has 0 spiro atoms. The van der Waals surface area contributed by atoms with Gasteiger partial charge in [-0.1, -0.05) is 35.8 Å². The highest BCUT2D eigenvalue weighted by molar-refractivity contribution is 6.00. The van der Waals surface area contributed by atoms with E-state index in [0.29, 0.717) is 33.7 Å². The fraction of sp³-hybridized carbons (Fsp3) is 0.186. The van der Waals surface area contributed by atoms with Crippen molar-refractivity contribution in [2.24, 2.45) is 0 Å². The number of hydrogen-bond acceptors (Lipinski definition) is 10. The van der Waals surface area contributed by atoms with Crippen molar-refractivity contribution in [2.75, 3.05) is 45.4 Å². The summed E-state index contributed by atoms with van der Waals surface area (Å²) in [6, 6.07) is 20.9. The molecule has 53 heavy (non-hydrogen) atoms. The van der Waals surface area contributed by atoms with Crippen LogP contribution in [0.3, 0.4) is 0 Å². The maximum atomic E-state index is 13.5. The van der Waals surface area contributed by atoms with E-state index in [4.69, 9.17) is 54.1 Å². The first-order valence-corrected chi connectivity index (χ1v) is 16.1. The average molecular weight is 707 g/mol. The number of hydrogen-bond donors (Lipinski definition) is 0. The molecule has 1 heterocycles. The van der Waals surface area contributed by atoms with Crippen LogP contribution in [-0.2, 0) is 22.7 Å². The number of terminal acetylenes is 4. The molecule has 0 saturated carbocycles. The third-order valence-corrected chi connectivity index (χ3v) is 7.66. The Hall–Kier alpha value is -7.27. The third kappa shape index (κ3) is 9.50. The Morgan fingerprint density at radius 3 is 1.38 bits per heavy atom. The predicted octanol–water partition coefficient (Wildman–Crippen LogP) is 6.22. The van der Waals surface area contributed by atoms with E-state index in [1.807, 2.05) is 31.1 Å². The fourth-order valence-corrected chi connectivity index (χ4v) is 5.21. The van der Waals surface area contributed by atoms with Gasteiger partial charge in [0, 0.05) is 19.8 Å². The number of anilines is 1.